The number of nitrogens with one attached hydrogen (secondary N) is 1. The molecule has 0 aliphatic carbocycles. The van der Waals surface area contributed by atoms with Crippen LogP contribution in [0.1, 0.15) is 27.3 Å². The van der Waals surface area contributed by atoms with Gasteiger partial charge in [0.1, 0.15) is 18.2 Å². The lowest BCUT2D eigenvalue weighted by molar-refractivity contribution is 0.0946. The molecule has 0 radical (unpaired) electrons. The molecule has 0 saturated heterocycles. The number of aliphatic hydroxyl groups is 1. The van der Waals surface area contributed by atoms with E-state index in [1.54, 1.807) is 6.92 Å². The Morgan fingerprint density at radius 3 is 2.94 bits per heavy atom. The molecule has 0 atom stereocenters. The Balaban J connectivity index is 1.61. The molecule has 4 rings (SSSR count). The number of aromatic nitrogens is 3. The summed E-state index contributed by atoms with van der Waals surface area (Å²) >= 11 is 1.40. The second kappa shape index (κ2) is 8.70. The SMILES string of the molecule is Cc1noc(-c2ccc(C)c(OCc3csc4c(C(=O)NCCO)cnc(N)c34)c2)n1. The summed E-state index contributed by atoms with van der Waals surface area (Å²) in [6.07, 6.45) is 1.45. The third-order valence-electron chi connectivity index (χ3n) is 4.69. The van der Waals surface area contributed by atoms with Gasteiger partial charge >= 0.3 is 0 Å². The average molecular weight is 439 g/mol. The largest absolute Gasteiger partial charge is 0.489 e. The van der Waals surface area contributed by atoms with Crippen molar-refractivity contribution in [2.45, 2.75) is 20.5 Å². The van der Waals surface area contributed by atoms with Crippen LogP contribution in [0.5, 0.6) is 5.75 Å². The Bertz CT molecular complexity index is 1250. The Kier molecular flexibility index (Phi) is 5.83. The molecule has 3 heterocycles. The highest BCUT2D eigenvalue weighted by Crippen LogP contribution is 2.34. The molecule has 0 fully saturated rings. The van der Waals surface area contributed by atoms with Gasteiger partial charge in [-0.1, -0.05) is 11.2 Å². The predicted molar refractivity (Wildman–Crippen MR) is 117 cm³/mol. The Morgan fingerprint density at radius 1 is 1.35 bits per heavy atom. The maximum absolute atomic E-state index is 12.4. The lowest BCUT2D eigenvalue weighted by Crippen LogP contribution is -2.26. The van der Waals surface area contributed by atoms with E-state index >= 15 is 0 Å². The normalized spacial score (nSPS) is 11.1. The van der Waals surface area contributed by atoms with Gasteiger partial charge in [0, 0.05) is 29.3 Å². The number of nitrogens with two attached hydrogens (primary N) is 1. The van der Waals surface area contributed by atoms with Crippen molar-refractivity contribution >= 4 is 33.1 Å². The number of hydrogen-bond donors (Lipinski definition) is 3. The van der Waals surface area contributed by atoms with Gasteiger partial charge in [-0.05, 0) is 36.9 Å². The molecule has 31 heavy (non-hydrogen) atoms. The topological polar surface area (TPSA) is 136 Å². The molecular formula is C21H21N5O4S. The number of ether oxygens (including phenoxy) is 1. The first kappa shape index (κ1) is 20.8. The number of fused-ring (bicyclic) bond motifs is 1. The zero-order valence-corrected chi connectivity index (χ0v) is 17.8. The minimum absolute atomic E-state index is 0.137. The van der Waals surface area contributed by atoms with Crippen LogP contribution in [-0.4, -0.2) is 39.3 Å². The van der Waals surface area contributed by atoms with Crippen molar-refractivity contribution in [3.8, 4) is 17.2 Å². The van der Waals surface area contributed by atoms with Crippen LogP contribution in [-0.2, 0) is 6.61 Å². The molecule has 0 aliphatic heterocycles. The first-order valence-corrected chi connectivity index (χ1v) is 10.4. The number of amides is 1. The number of hydrogen-bond acceptors (Lipinski definition) is 9. The molecule has 160 valence electrons. The predicted octanol–water partition coefficient (Wildman–Crippen LogP) is 2.85. The summed E-state index contributed by atoms with van der Waals surface area (Å²) in [6.45, 7) is 3.99. The molecule has 1 aromatic carbocycles. The summed E-state index contributed by atoms with van der Waals surface area (Å²) in [4.78, 5) is 20.8. The maximum atomic E-state index is 12.4. The van der Waals surface area contributed by atoms with E-state index in [1.165, 1.54) is 17.5 Å². The lowest BCUT2D eigenvalue weighted by atomic mass is 10.1. The summed E-state index contributed by atoms with van der Waals surface area (Å²) in [6, 6.07) is 5.68. The number of thiophene rings is 1. The summed E-state index contributed by atoms with van der Waals surface area (Å²) in [5.41, 5.74) is 9.08. The van der Waals surface area contributed by atoms with Crippen LogP contribution in [0.4, 0.5) is 5.82 Å². The number of rotatable bonds is 7. The average Bonchev–Trinajstić information content (AvgIpc) is 3.39. The van der Waals surface area contributed by atoms with E-state index in [4.69, 9.17) is 20.1 Å². The van der Waals surface area contributed by atoms with E-state index in [9.17, 15) is 4.79 Å². The van der Waals surface area contributed by atoms with Crippen LogP contribution in [0.15, 0.2) is 34.3 Å². The minimum Gasteiger partial charge on any atom is -0.489 e. The van der Waals surface area contributed by atoms with Crippen molar-refractivity contribution in [3.05, 3.63) is 52.3 Å². The highest BCUT2D eigenvalue weighted by atomic mass is 32.1. The van der Waals surface area contributed by atoms with Crippen LogP contribution < -0.4 is 15.8 Å². The molecule has 0 spiro atoms. The minimum atomic E-state index is -0.306. The number of nitrogens with zero attached hydrogens (tertiary/aromatic N) is 3. The first-order valence-electron chi connectivity index (χ1n) is 9.55. The number of aliphatic hydroxyl groups excluding tert-OH is 1. The number of carbonyl (C=O) groups is 1. The van der Waals surface area contributed by atoms with Gasteiger partial charge in [0.15, 0.2) is 5.82 Å². The highest BCUT2D eigenvalue weighted by Gasteiger charge is 2.18. The number of nitrogen functional groups attached to an aromatic ring is 1. The maximum Gasteiger partial charge on any atom is 0.258 e. The van der Waals surface area contributed by atoms with E-state index in [0.717, 1.165) is 21.4 Å². The highest BCUT2D eigenvalue weighted by molar-refractivity contribution is 7.17. The van der Waals surface area contributed by atoms with E-state index in [0.29, 0.717) is 34.2 Å². The third-order valence-corrected chi connectivity index (χ3v) is 5.75. The van der Waals surface area contributed by atoms with Crippen LogP contribution in [0.2, 0.25) is 0 Å². The summed E-state index contributed by atoms with van der Waals surface area (Å²) in [5.74, 6) is 1.69. The van der Waals surface area contributed by atoms with E-state index in [2.05, 4.69) is 20.4 Å². The van der Waals surface area contributed by atoms with Gasteiger partial charge in [-0.15, -0.1) is 11.3 Å². The zero-order chi connectivity index (χ0) is 22.0. The Labute approximate surface area is 181 Å². The van der Waals surface area contributed by atoms with Crippen molar-refractivity contribution < 1.29 is 19.2 Å². The number of anilines is 1. The number of aryl methyl sites for hydroxylation is 2. The molecule has 0 unspecified atom stereocenters. The Morgan fingerprint density at radius 2 is 2.19 bits per heavy atom. The van der Waals surface area contributed by atoms with E-state index in [-0.39, 0.29) is 25.7 Å². The Hall–Kier alpha value is -3.50. The van der Waals surface area contributed by atoms with Gasteiger partial charge in [0.25, 0.3) is 11.8 Å². The second-order valence-electron chi connectivity index (χ2n) is 6.92. The van der Waals surface area contributed by atoms with E-state index in [1.807, 2.05) is 30.5 Å². The summed E-state index contributed by atoms with van der Waals surface area (Å²) in [7, 11) is 0. The molecular weight excluding hydrogens is 418 g/mol. The molecule has 4 N–H and O–H groups in total. The fourth-order valence-corrected chi connectivity index (χ4v) is 4.19. The number of benzene rings is 1. The third kappa shape index (κ3) is 4.21. The second-order valence-corrected chi connectivity index (χ2v) is 7.80. The summed E-state index contributed by atoms with van der Waals surface area (Å²) in [5, 5.41) is 18.0. The molecule has 10 heteroatoms. The van der Waals surface area contributed by atoms with Crippen molar-refractivity contribution in [1.82, 2.24) is 20.4 Å². The van der Waals surface area contributed by atoms with Crippen molar-refractivity contribution in [2.24, 2.45) is 0 Å². The standard InChI is InChI=1S/C21H21N5O4S/c1-11-3-4-13(21-25-12(2)26-30-21)7-16(11)29-9-14-10-31-18-15(20(28)23-5-6-27)8-24-19(22)17(14)18/h3-4,7-8,10,27H,5-6,9H2,1-2H3,(H2,22,24)(H,23,28). The van der Waals surface area contributed by atoms with Gasteiger partial charge in [-0.25, -0.2) is 4.98 Å². The number of pyridine rings is 1. The summed E-state index contributed by atoms with van der Waals surface area (Å²) < 4.78 is 12.0. The van der Waals surface area contributed by atoms with Crippen molar-refractivity contribution in [1.29, 1.82) is 0 Å². The van der Waals surface area contributed by atoms with Crippen molar-refractivity contribution in [3.63, 3.8) is 0 Å². The van der Waals surface area contributed by atoms with Gasteiger partial charge in [-0.2, -0.15) is 4.98 Å². The van der Waals surface area contributed by atoms with Crippen LogP contribution in [0.3, 0.4) is 0 Å². The molecule has 0 saturated carbocycles. The van der Waals surface area contributed by atoms with Crippen LogP contribution >= 0.6 is 11.3 Å². The van der Waals surface area contributed by atoms with Gasteiger partial charge < -0.3 is 25.4 Å². The smallest absolute Gasteiger partial charge is 0.258 e. The molecule has 3 aromatic heterocycles. The van der Waals surface area contributed by atoms with Gasteiger partial charge in [-0.3, -0.25) is 4.79 Å². The van der Waals surface area contributed by atoms with Gasteiger partial charge in [0.05, 0.1) is 16.9 Å². The monoisotopic (exact) mass is 439 g/mol. The van der Waals surface area contributed by atoms with Crippen molar-refractivity contribution in [2.75, 3.05) is 18.9 Å². The zero-order valence-electron chi connectivity index (χ0n) is 17.0. The number of carbonyl (C=O) groups excluding carboxylic acids is 1. The molecule has 1 amide bonds. The quantitative estimate of drug-likeness (QED) is 0.400. The lowest BCUT2D eigenvalue weighted by Gasteiger charge is -2.11. The molecule has 0 aliphatic rings. The van der Waals surface area contributed by atoms with E-state index < -0.39 is 0 Å². The molecule has 0 bridgehead atoms. The van der Waals surface area contributed by atoms with Gasteiger partial charge in [0.2, 0.25) is 0 Å². The first-order chi connectivity index (χ1) is 15.0. The molecule has 4 aromatic rings. The van der Waals surface area contributed by atoms with Crippen LogP contribution in [0.25, 0.3) is 21.5 Å². The fraction of sp³-hybridized carbons (Fsp3) is 0.238. The van der Waals surface area contributed by atoms with Crippen LogP contribution in [0, 0.1) is 13.8 Å². The fourth-order valence-electron chi connectivity index (χ4n) is 3.12. The molecule has 9 nitrogen and oxygen atoms in total.